The molecule has 3 atom stereocenters. The number of ether oxygens (including phenoxy) is 1. The number of carbonyl (C=O) groups excluding carboxylic acids is 2. The molecule has 1 aliphatic heterocycles. The Bertz CT molecular complexity index is 1480. The summed E-state index contributed by atoms with van der Waals surface area (Å²) < 4.78 is 5.52. The third kappa shape index (κ3) is 4.31. The Morgan fingerprint density at radius 3 is 2.92 bits per heavy atom. The van der Waals surface area contributed by atoms with Crippen LogP contribution in [0, 0.1) is 18.8 Å². The van der Waals surface area contributed by atoms with Gasteiger partial charge in [0, 0.05) is 29.7 Å². The molecule has 1 N–H and O–H groups in total. The lowest BCUT2D eigenvalue weighted by Gasteiger charge is -2.27. The van der Waals surface area contributed by atoms with E-state index in [2.05, 4.69) is 15.3 Å². The molecule has 3 heterocycles. The van der Waals surface area contributed by atoms with Gasteiger partial charge in [-0.1, -0.05) is 41.9 Å². The van der Waals surface area contributed by atoms with E-state index < -0.39 is 6.09 Å². The average Bonchev–Trinajstić information content (AvgIpc) is 3.39. The molecular formula is C27H23ClN4O3S. The van der Waals surface area contributed by atoms with Gasteiger partial charge in [0.1, 0.15) is 5.69 Å². The van der Waals surface area contributed by atoms with Gasteiger partial charge in [-0.3, -0.25) is 4.79 Å². The van der Waals surface area contributed by atoms with Gasteiger partial charge < -0.3 is 15.0 Å². The number of pyridine rings is 1. The van der Waals surface area contributed by atoms with Gasteiger partial charge in [-0.05, 0) is 60.4 Å². The molecule has 4 aromatic rings. The van der Waals surface area contributed by atoms with Gasteiger partial charge in [-0.25, -0.2) is 14.8 Å². The van der Waals surface area contributed by atoms with E-state index in [1.165, 1.54) is 11.3 Å². The van der Waals surface area contributed by atoms with Crippen LogP contribution in [0.3, 0.4) is 0 Å². The Labute approximate surface area is 217 Å². The van der Waals surface area contributed by atoms with E-state index >= 15 is 0 Å². The molecular weight excluding hydrogens is 496 g/mol. The second-order valence-electron chi connectivity index (χ2n) is 9.21. The van der Waals surface area contributed by atoms with Crippen LogP contribution < -0.4 is 10.1 Å². The highest BCUT2D eigenvalue weighted by Gasteiger charge is 2.54. The number of aromatic nitrogens is 2. The van der Waals surface area contributed by atoms with Crippen molar-refractivity contribution in [3.8, 4) is 16.3 Å². The standard InChI is InChI=1S/C27H23ClN4O3S/c1-15-31-23(24(36-15)17-6-4-7-19(28)11-17)26(33)32-14-18-12-21(18)22(32)13-30-27(34)35-25-20-8-3-2-5-16(20)9-10-29-25/h2-11,18,21-22H,12-14H2,1H3,(H,30,34)/t18-,21-,22+/m0/s1. The number of nitrogens with one attached hydrogen (secondary N) is 1. The lowest BCUT2D eigenvalue weighted by atomic mass is 10.1. The number of thiazole rings is 1. The van der Waals surface area contributed by atoms with Crippen LogP contribution in [0.2, 0.25) is 5.02 Å². The van der Waals surface area contributed by atoms with Gasteiger partial charge in [-0.15, -0.1) is 11.3 Å². The van der Waals surface area contributed by atoms with Crippen LogP contribution in [0.1, 0.15) is 21.9 Å². The third-order valence-electron chi connectivity index (χ3n) is 6.87. The molecule has 0 radical (unpaired) electrons. The van der Waals surface area contributed by atoms with Crippen molar-refractivity contribution in [2.75, 3.05) is 13.1 Å². The Morgan fingerprint density at radius 1 is 1.19 bits per heavy atom. The van der Waals surface area contributed by atoms with E-state index in [0.29, 0.717) is 35.6 Å². The van der Waals surface area contributed by atoms with Crippen molar-refractivity contribution in [3.05, 3.63) is 76.5 Å². The van der Waals surface area contributed by atoms with Crippen molar-refractivity contribution < 1.29 is 14.3 Å². The Kier molecular flexibility index (Phi) is 5.85. The Balaban J connectivity index is 1.18. The highest BCUT2D eigenvalue weighted by atomic mass is 35.5. The summed E-state index contributed by atoms with van der Waals surface area (Å²) >= 11 is 7.69. The molecule has 2 fully saturated rings. The van der Waals surface area contributed by atoms with Gasteiger partial charge >= 0.3 is 6.09 Å². The van der Waals surface area contributed by atoms with Crippen LogP contribution in [0.4, 0.5) is 4.79 Å². The summed E-state index contributed by atoms with van der Waals surface area (Å²) in [6.45, 7) is 2.88. The monoisotopic (exact) mass is 518 g/mol. The zero-order valence-electron chi connectivity index (χ0n) is 19.5. The molecule has 0 spiro atoms. The maximum atomic E-state index is 13.7. The van der Waals surface area contributed by atoms with E-state index in [1.807, 2.05) is 66.4 Å². The first-order chi connectivity index (χ1) is 17.5. The normalized spacial score (nSPS) is 20.3. The number of hydrogen-bond acceptors (Lipinski definition) is 6. The van der Waals surface area contributed by atoms with Gasteiger partial charge in [-0.2, -0.15) is 0 Å². The summed E-state index contributed by atoms with van der Waals surface area (Å²) in [7, 11) is 0. The minimum atomic E-state index is -0.584. The van der Waals surface area contributed by atoms with E-state index in [-0.39, 0.29) is 17.8 Å². The smallest absolute Gasteiger partial charge is 0.391 e. The van der Waals surface area contributed by atoms with E-state index in [0.717, 1.165) is 32.6 Å². The minimum Gasteiger partial charge on any atom is -0.391 e. The van der Waals surface area contributed by atoms with Gasteiger partial charge in [0.2, 0.25) is 5.88 Å². The number of fused-ring (bicyclic) bond motifs is 2. The van der Waals surface area contributed by atoms with Crippen LogP contribution in [0.15, 0.2) is 60.8 Å². The van der Waals surface area contributed by atoms with Crippen LogP contribution >= 0.6 is 22.9 Å². The first-order valence-electron chi connectivity index (χ1n) is 11.8. The number of rotatable bonds is 5. The van der Waals surface area contributed by atoms with Crippen molar-refractivity contribution in [3.63, 3.8) is 0 Å². The first kappa shape index (κ1) is 22.9. The number of halogens is 1. The molecule has 7 nitrogen and oxygen atoms in total. The van der Waals surface area contributed by atoms with E-state index in [1.54, 1.807) is 6.20 Å². The summed E-state index contributed by atoms with van der Waals surface area (Å²) in [5.41, 5.74) is 1.32. The quantitative estimate of drug-likeness (QED) is 0.373. The summed E-state index contributed by atoms with van der Waals surface area (Å²) in [5, 5.41) is 6.00. The second kappa shape index (κ2) is 9.19. The molecule has 182 valence electrons. The topological polar surface area (TPSA) is 84.4 Å². The fourth-order valence-corrected chi connectivity index (χ4v) is 6.18. The largest absolute Gasteiger partial charge is 0.414 e. The molecule has 0 bridgehead atoms. The van der Waals surface area contributed by atoms with Crippen molar-refractivity contribution >= 4 is 45.7 Å². The summed E-state index contributed by atoms with van der Waals surface area (Å²) in [4.78, 5) is 37.8. The molecule has 2 aliphatic rings. The predicted molar refractivity (Wildman–Crippen MR) is 139 cm³/mol. The lowest BCUT2D eigenvalue weighted by Crippen LogP contribution is -2.46. The summed E-state index contributed by atoms with van der Waals surface area (Å²) in [6.07, 6.45) is 2.09. The van der Waals surface area contributed by atoms with Crippen LogP contribution in [-0.2, 0) is 0 Å². The molecule has 0 unspecified atom stereocenters. The number of aryl methyl sites for hydroxylation is 1. The Hall–Kier alpha value is -3.49. The van der Waals surface area contributed by atoms with Crippen LogP contribution in [-0.4, -0.2) is 46.0 Å². The number of likely N-dealkylation sites (tertiary alicyclic amines) is 1. The molecule has 2 aromatic heterocycles. The number of benzene rings is 2. The van der Waals surface area contributed by atoms with Crippen LogP contribution in [0.25, 0.3) is 21.2 Å². The molecule has 1 aliphatic carbocycles. The van der Waals surface area contributed by atoms with Crippen molar-refractivity contribution in [2.24, 2.45) is 11.8 Å². The molecule has 6 rings (SSSR count). The third-order valence-corrected chi connectivity index (χ3v) is 8.12. The van der Waals surface area contributed by atoms with Crippen molar-refractivity contribution in [1.82, 2.24) is 20.2 Å². The van der Waals surface area contributed by atoms with Gasteiger partial charge in [0.25, 0.3) is 5.91 Å². The molecule has 1 saturated heterocycles. The second-order valence-corrected chi connectivity index (χ2v) is 10.9. The first-order valence-corrected chi connectivity index (χ1v) is 13.0. The molecule has 2 aromatic carbocycles. The van der Waals surface area contributed by atoms with E-state index in [9.17, 15) is 9.59 Å². The molecule has 2 amide bonds. The lowest BCUT2D eigenvalue weighted by molar-refractivity contribution is 0.0700. The predicted octanol–water partition coefficient (Wildman–Crippen LogP) is 5.57. The fraction of sp³-hybridized carbons (Fsp3) is 0.259. The maximum absolute atomic E-state index is 13.7. The number of nitrogens with zero attached hydrogens (tertiary/aromatic N) is 3. The number of hydrogen-bond donors (Lipinski definition) is 1. The van der Waals surface area contributed by atoms with Crippen molar-refractivity contribution in [2.45, 2.75) is 19.4 Å². The maximum Gasteiger partial charge on any atom is 0.414 e. The van der Waals surface area contributed by atoms with Crippen LogP contribution in [0.5, 0.6) is 5.88 Å². The average molecular weight is 519 g/mol. The van der Waals surface area contributed by atoms with Gasteiger partial charge in [0.15, 0.2) is 0 Å². The summed E-state index contributed by atoms with van der Waals surface area (Å²) in [6, 6.07) is 16.8. The zero-order valence-corrected chi connectivity index (χ0v) is 21.1. The SMILES string of the molecule is Cc1nc(C(=O)N2C[C@@H]3C[C@@H]3[C@H]2CNC(=O)Oc2nccc3ccccc23)c(-c2cccc(Cl)c2)s1. The number of amides is 2. The molecule has 36 heavy (non-hydrogen) atoms. The fourth-order valence-electron chi connectivity index (χ4n) is 5.08. The van der Waals surface area contributed by atoms with E-state index in [4.69, 9.17) is 16.3 Å². The summed E-state index contributed by atoms with van der Waals surface area (Å²) in [5.74, 6) is 0.987. The number of carbonyl (C=O) groups is 2. The highest BCUT2D eigenvalue weighted by molar-refractivity contribution is 7.15. The minimum absolute atomic E-state index is 0.107. The molecule has 9 heteroatoms. The number of piperidine rings is 1. The highest BCUT2D eigenvalue weighted by Crippen LogP contribution is 2.50. The zero-order chi connectivity index (χ0) is 24.8. The Morgan fingerprint density at radius 2 is 2.06 bits per heavy atom. The van der Waals surface area contributed by atoms with Crippen molar-refractivity contribution in [1.29, 1.82) is 0 Å². The van der Waals surface area contributed by atoms with Gasteiger partial charge in [0.05, 0.1) is 15.9 Å². The molecule has 1 saturated carbocycles.